The van der Waals surface area contributed by atoms with E-state index in [0.717, 1.165) is 5.56 Å². The molecule has 1 amide bonds. The van der Waals surface area contributed by atoms with Gasteiger partial charge in [0, 0.05) is 10.6 Å². The van der Waals surface area contributed by atoms with Gasteiger partial charge in [0.1, 0.15) is 12.3 Å². The monoisotopic (exact) mass is 298 g/mol. The Kier molecular flexibility index (Phi) is 3.51. The van der Waals surface area contributed by atoms with Crippen LogP contribution in [0.1, 0.15) is 11.7 Å². The van der Waals surface area contributed by atoms with Gasteiger partial charge in [-0.1, -0.05) is 41.9 Å². The average Bonchev–Trinajstić information content (AvgIpc) is 2.51. The molecule has 4 nitrogen and oxygen atoms in total. The number of rotatable bonds is 2. The first-order chi connectivity index (χ1) is 10.2. The number of nitriles is 1. The van der Waals surface area contributed by atoms with Crippen LogP contribution in [0.5, 0.6) is 5.75 Å². The summed E-state index contributed by atoms with van der Waals surface area (Å²) >= 11 is 5.97. The number of hydrogen-bond acceptors (Lipinski definition) is 3. The Bertz CT molecular complexity index is 725. The van der Waals surface area contributed by atoms with Gasteiger partial charge in [0.25, 0.3) is 5.91 Å². The van der Waals surface area contributed by atoms with Crippen LogP contribution in [0.25, 0.3) is 0 Å². The van der Waals surface area contributed by atoms with Crippen molar-refractivity contribution in [3.05, 3.63) is 59.1 Å². The van der Waals surface area contributed by atoms with Gasteiger partial charge in [-0.2, -0.15) is 5.26 Å². The topological polar surface area (TPSA) is 53.3 Å². The number of benzene rings is 2. The third-order valence-electron chi connectivity index (χ3n) is 3.28. The molecule has 1 atom stereocenters. The van der Waals surface area contributed by atoms with E-state index in [-0.39, 0.29) is 12.5 Å². The van der Waals surface area contributed by atoms with Crippen molar-refractivity contribution in [1.29, 1.82) is 5.26 Å². The number of ether oxygens (including phenoxy) is 1. The van der Waals surface area contributed by atoms with Crippen LogP contribution in [0.4, 0.5) is 5.69 Å². The summed E-state index contributed by atoms with van der Waals surface area (Å²) in [5.41, 5.74) is 1.28. The Morgan fingerprint density at radius 2 is 2.00 bits per heavy atom. The van der Waals surface area contributed by atoms with Crippen LogP contribution in [-0.2, 0) is 4.79 Å². The lowest BCUT2D eigenvalue weighted by molar-refractivity contribution is -0.126. The molecule has 3 rings (SSSR count). The van der Waals surface area contributed by atoms with Gasteiger partial charge in [-0.3, -0.25) is 9.69 Å². The van der Waals surface area contributed by atoms with Crippen LogP contribution < -0.4 is 9.64 Å². The summed E-state index contributed by atoms with van der Waals surface area (Å²) in [6.45, 7) is -0.0428. The zero-order valence-electron chi connectivity index (χ0n) is 11.0. The van der Waals surface area contributed by atoms with E-state index in [1.54, 1.807) is 18.2 Å². The van der Waals surface area contributed by atoms with E-state index < -0.39 is 6.10 Å². The Hall–Kier alpha value is -2.51. The highest BCUT2D eigenvalue weighted by Gasteiger charge is 2.35. The SMILES string of the molecule is N#CCN1C(=O)C(c2ccccc2)Oc2ccc(Cl)cc21. The minimum absolute atomic E-state index is 0.0428. The lowest BCUT2D eigenvalue weighted by atomic mass is 10.1. The number of halogens is 1. The highest BCUT2D eigenvalue weighted by molar-refractivity contribution is 6.31. The van der Waals surface area contributed by atoms with Crippen LogP contribution in [0.15, 0.2) is 48.5 Å². The summed E-state index contributed by atoms with van der Waals surface area (Å²) in [5.74, 6) is 0.278. The number of carbonyl (C=O) groups is 1. The van der Waals surface area contributed by atoms with Gasteiger partial charge in [-0.15, -0.1) is 0 Å². The lowest BCUT2D eigenvalue weighted by Gasteiger charge is -2.33. The zero-order chi connectivity index (χ0) is 14.8. The fourth-order valence-electron chi connectivity index (χ4n) is 2.31. The van der Waals surface area contributed by atoms with Gasteiger partial charge in [-0.25, -0.2) is 0 Å². The van der Waals surface area contributed by atoms with Gasteiger partial charge in [0.05, 0.1) is 11.8 Å². The van der Waals surface area contributed by atoms with E-state index in [9.17, 15) is 4.79 Å². The van der Waals surface area contributed by atoms with Crippen molar-refractivity contribution in [3.8, 4) is 11.8 Å². The Labute approximate surface area is 127 Å². The average molecular weight is 299 g/mol. The number of anilines is 1. The van der Waals surface area contributed by atoms with Crippen LogP contribution in [0, 0.1) is 11.3 Å². The Balaban J connectivity index is 2.07. The molecule has 5 heteroatoms. The van der Waals surface area contributed by atoms with Crippen molar-refractivity contribution >= 4 is 23.2 Å². The maximum atomic E-state index is 12.6. The van der Waals surface area contributed by atoms with E-state index in [1.165, 1.54) is 4.90 Å². The zero-order valence-corrected chi connectivity index (χ0v) is 11.7. The summed E-state index contributed by atoms with van der Waals surface area (Å²) in [7, 11) is 0. The fraction of sp³-hybridized carbons (Fsp3) is 0.125. The quantitative estimate of drug-likeness (QED) is 0.799. The molecule has 0 spiro atoms. The van der Waals surface area contributed by atoms with Crippen LogP contribution in [-0.4, -0.2) is 12.5 Å². The summed E-state index contributed by atoms with van der Waals surface area (Å²) < 4.78 is 5.80. The number of carbonyl (C=O) groups excluding carboxylic acids is 1. The van der Waals surface area contributed by atoms with Crippen LogP contribution in [0.3, 0.4) is 0 Å². The molecule has 1 unspecified atom stereocenters. The Morgan fingerprint density at radius 3 is 2.71 bits per heavy atom. The van der Waals surface area contributed by atoms with Gasteiger partial charge < -0.3 is 4.74 Å². The van der Waals surface area contributed by atoms with E-state index in [0.29, 0.717) is 16.5 Å². The molecule has 0 N–H and O–H groups in total. The number of nitrogens with zero attached hydrogens (tertiary/aromatic N) is 2. The van der Waals surface area contributed by atoms with E-state index >= 15 is 0 Å². The highest BCUT2D eigenvalue weighted by Crippen LogP contribution is 2.40. The molecule has 0 fully saturated rings. The third kappa shape index (κ3) is 2.44. The van der Waals surface area contributed by atoms with Crippen molar-refractivity contribution < 1.29 is 9.53 Å². The summed E-state index contributed by atoms with van der Waals surface area (Å²) in [5, 5.41) is 9.46. The predicted molar refractivity (Wildman–Crippen MR) is 79.2 cm³/mol. The van der Waals surface area contributed by atoms with Crippen molar-refractivity contribution in [2.75, 3.05) is 11.4 Å². The highest BCUT2D eigenvalue weighted by atomic mass is 35.5. The largest absolute Gasteiger partial charge is 0.474 e. The molecule has 0 bridgehead atoms. The second-order valence-corrected chi connectivity index (χ2v) is 5.04. The fourth-order valence-corrected chi connectivity index (χ4v) is 2.48. The number of amides is 1. The molecule has 104 valence electrons. The molecule has 0 aromatic heterocycles. The molecule has 1 aliphatic heterocycles. The van der Waals surface area contributed by atoms with Crippen LogP contribution >= 0.6 is 11.6 Å². The van der Waals surface area contributed by atoms with Crippen LogP contribution in [0.2, 0.25) is 5.02 Å². The van der Waals surface area contributed by atoms with Gasteiger partial charge in [0.2, 0.25) is 6.10 Å². The maximum absolute atomic E-state index is 12.6. The molecule has 21 heavy (non-hydrogen) atoms. The smallest absolute Gasteiger partial charge is 0.273 e. The van der Waals surface area contributed by atoms with Gasteiger partial charge in [0.15, 0.2) is 0 Å². The first-order valence-corrected chi connectivity index (χ1v) is 6.78. The second kappa shape index (κ2) is 5.47. The normalized spacial score (nSPS) is 16.9. The van der Waals surface area contributed by atoms with Gasteiger partial charge >= 0.3 is 0 Å². The van der Waals surface area contributed by atoms with Gasteiger partial charge in [-0.05, 0) is 18.2 Å². The first-order valence-electron chi connectivity index (χ1n) is 6.40. The molecule has 1 aliphatic rings. The predicted octanol–water partition coefficient (Wildman–Crippen LogP) is 3.33. The van der Waals surface area contributed by atoms with E-state index in [4.69, 9.17) is 21.6 Å². The second-order valence-electron chi connectivity index (χ2n) is 4.60. The number of fused-ring (bicyclic) bond motifs is 1. The minimum atomic E-state index is -0.742. The molecule has 0 radical (unpaired) electrons. The molecule has 2 aromatic rings. The molecule has 1 heterocycles. The van der Waals surface area contributed by atoms with Crippen molar-refractivity contribution in [3.63, 3.8) is 0 Å². The van der Waals surface area contributed by atoms with Crippen molar-refractivity contribution in [2.45, 2.75) is 6.10 Å². The summed E-state index contributed by atoms with van der Waals surface area (Å²) in [4.78, 5) is 14.0. The lowest BCUT2D eigenvalue weighted by Crippen LogP contribution is -2.41. The first kappa shape index (κ1) is 13.5. The standard InChI is InChI=1S/C16H11ClN2O2/c17-12-6-7-14-13(10-12)19(9-8-18)16(20)15(21-14)11-4-2-1-3-5-11/h1-7,10,15H,9H2. The minimum Gasteiger partial charge on any atom is -0.474 e. The van der Waals surface area contributed by atoms with E-state index in [2.05, 4.69) is 0 Å². The molecule has 0 aliphatic carbocycles. The molecular formula is C16H11ClN2O2. The molecule has 0 saturated carbocycles. The summed E-state index contributed by atoms with van der Waals surface area (Å²) in [6, 6.07) is 16.3. The van der Waals surface area contributed by atoms with E-state index in [1.807, 2.05) is 36.4 Å². The summed E-state index contributed by atoms with van der Waals surface area (Å²) in [6.07, 6.45) is -0.742. The third-order valence-corrected chi connectivity index (χ3v) is 3.51. The molecule has 0 saturated heterocycles. The van der Waals surface area contributed by atoms with Crippen molar-refractivity contribution in [2.24, 2.45) is 0 Å². The van der Waals surface area contributed by atoms with Crippen molar-refractivity contribution in [1.82, 2.24) is 0 Å². The molecule has 2 aromatic carbocycles. The molecular weight excluding hydrogens is 288 g/mol. The number of hydrogen-bond donors (Lipinski definition) is 0. The Morgan fingerprint density at radius 1 is 1.24 bits per heavy atom. The maximum Gasteiger partial charge on any atom is 0.273 e.